The molecular weight excluding hydrogens is 262 g/mol. The van der Waals surface area contributed by atoms with E-state index >= 15 is 0 Å². The normalized spacial score (nSPS) is 15.5. The number of aromatic nitrogens is 2. The van der Waals surface area contributed by atoms with Crippen LogP contribution in [0, 0.1) is 0 Å². The number of nitrogens with one attached hydrogen (secondary N) is 2. The van der Waals surface area contributed by atoms with Crippen LogP contribution in [0.2, 0.25) is 0 Å². The van der Waals surface area contributed by atoms with Gasteiger partial charge in [-0.05, 0) is 18.5 Å². The molecule has 0 radical (unpaired) electrons. The Morgan fingerprint density at radius 1 is 1.10 bits per heavy atom. The van der Waals surface area contributed by atoms with Crippen LogP contribution in [0.5, 0.6) is 0 Å². The summed E-state index contributed by atoms with van der Waals surface area (Å²) in [5.41, 5.74) is 1.24. The van der Waals surface area contributed by atoms with Gasteiger partial charge in [-0.1, -0.05) is 30.3 Å². The van der Waals surface area contributed by atoms with E-state index in [2.05, 4.69) is 37.6 Å². The van der Waals surface area contributed by atoms with E-state index in [-0.39, 0.29) is 0 Å². The second-order valence-electron chi connectivity index (χ2n) is 5.19. The first-order valence-corrected chi connectivity index (χ1v) is 7.47. The fourth-order valence-corrected chi connectivity index (χ4v) is 2.46. The Kier molecular flexibility index (Phi) is 4.63. The van der Waals surface area contributed by atoms with Gasteiger partial charge >= 0.3 is 0 Å². The molecule has 1 fully saturated rings. The Balaban J connectivity index is 1.65. The van der Waals surface area contributed by atoms with Crippen molar-refractivity contribution in [1.29, 1.82) is 0 Å². The maximum atomic E-state index is 4.68. The molecule has 1 saturated heterocycles. The summed E-state index contributed by atoms with van der Waals surface area (Å²) in [6.45, 7) is 4.86. The van der Waals surface area contributed by atoms with E-state index in [1.807, 2.05) is 24.4 Å². The average Bonchev–Trinajstić information content (AvgIpc) is 2.83. The highest BCUT2D eigenvalue weighted by molar-refractivity contribution is 5.44. The topological polar surface area (TPSA) is 53.1 Å². The minimum atomic E-state index is 0.764. The second-order valence-corrected chi connectivity index (χ2v) is 5.19. The lowest BCUT2D eigenvalue weighted by Gasteiger charge is -2.21. The maximum absolute atomic E-state index is 4.68. The first-order valence-electron chi connectivity index (χ1n) is 7.47. The summed E-state index contributed by atoms with van der Waals surface area (Å²) < 4.78 is 0. The Morgan fingerprint density at radius 3 is 2.90 bits per heavy atom. The van der Waals surface area contributed by atoms with E-state index in [1.54, 1.807) is 6.20 Å². The van der Waals surface area contributed by atoms with E-state index in [9.17, 15) is 0 Å². The van der Waals surface area contributed by atoms with Crippen LogP contribution in [0.1, 0.15) is 12.0 Å². The summed E-state index contributed by atoms with van der Waals surface area (Å²) in [4.78, 5) is 11.3. The van der Waals surface area contributed by atoms with E-state index in [1.165, 1.54) is 5.56 Å². The highest BCUT2D eigenvalue weighted by atomic mass is 15.2. The van der Waals surface area contributed by atoms with Gasteiger partial charge in [0.05, 0.1) is 12.4 Å². The van der Waals surface area contributed by atoms with E-state index in [0.29, 0.717) is 0 Å². The highest BCUT2D eigenvalue weighted by Crippen LogP contribution is 2.14. The number of anilines is 2. The molecule has 1 aromatic heterocycles. The van der Waals surface area contributed by atoms with Crippen molar-refractivity contribution < 1.29 is 0 Å². The quantitative estimate of drug-likeness (QED) is 0.897. The van der Waals surface area contributed by atoms with Crippen molar-refractivity contribution in [2.45, 2.75) is 13.0 Å². The molecule has 1 aliphatic heterocycles. The minimum absolute atomic E-state index is 0.764. The van der Waals surface area contributed by atoms with Crippen LogP contribution >= 0.6 is 0 Å². The minimum Gasteiger partial charge on any atom is -0.365 e. The van der Waals surface area contributed by atoms with Crippen molar-refractivity contribution in [3.8, 4) is 0 Å². The Bertz CT molecular complexity index is 550. The van der Waals surface area contributed by atoms with Crippen molar-refractivity contribution in [3.05, 3.63) is 48.3 Å². The third kappa shape index (κ3) is 3.92. The van der Waals surface area contributed by atoms with E-state index in [4.69, 9.17) is 0 Å². The standard InChI is InChI=1S/C16H21N5/c1-2-5-14(6-3-1)11-19-15-12-18-13-16(20-15)21-9-4-7-17-8-10-21/h1-3,5-6,12-13,17H,4,7-11H2,(H,19,20). The largest absolute Gasteiger partial charge is 0.365 e. The fourth-order valence-electron chi connectivity index (χ4n) is 2.46. The van der Waals surface area contributed by atoms with Gasteiger partial charge < -0.3 is 15.5 Å². The van der Waals surface area contributed by atoms with Crippen molar-refractivity contribution in [2.75, 3.05) is 36.4 Å². The molecule has 2 heterocycles. The lowest BCUT2D eigenvalue weighted by molar-refractivity contribution is 0.724. The highest BCUT2D eigenvalue weighted by Gasteiger charge is 2.11. The lowest BCUT2D eigenvalue weighted by Crippen LogP contribution is -2.28. The van der Waals surface area contributed by atoms with Gasteiger partial charge in [-0.3, -0.25) is 4.98 Å². The summed E-state index contributed by atoms with van der Waals surface area (Å²) >= 11 is 0. The second kappa shape index (κ2) is 7.04. The molecule has 0 aliphatic carbocycles. The lowest BCUT2D eigenvalue weighted by atomic mass is 10.2. The maximum Gasteiger partial charge on any atom is 0.149 e. The van der Waals surface area contributed by atoms with E-state index < -0.39 is 0 Å². The Hall–Kier alpha value is -2.14. The first kappa shape index (κ1) is 13.8. The van der Waals surface area contributed by atoms with Gasteiger partial charge in [0.15, 0.2) is 0 Å². The molecule has 1 aromatic carbocycles. The van der Waals surface area contributed by atoms with Crippen molar-refractivity contribution >= 4 is 11.6 Å². The van der Waals surface area contributed by atoms with Gasteiger partial charge in [-0.15, -0.1) is 0 Å². The zero-order valence-corrected chi connectivity index (χ0v) is 12.1. The smallest absolute Gasteiger partial charge is 0.149 e. The molecule has 2 N–H and O–H groups in total. The van der Waals surface area contributed by atoms with Crippen LogP contribution in [0.25, 0.3) is 0 Å². The Labute approximate surface area is 125 Å². The molecular formula is C16H21N5. The SMILES string of the molecule is c1ccc(CNc2cncc(N3CCCNCC3)n2)cc1. The molecule has 0 spiro atoms. The molecule has 0 amide bonds. The van der Waals surface area contributed by atoms with Crippen LogP contribution < -0.4 is 15.5 Å². The molecule has 0 bridgehead atoms. The zero-order valence-electron chi connectivity index (χ0n) is 12.1. The molecule has 110 valence electrons. The molecule has 21 heavy (non-hydrogen) atoms. The van der Waals surface area contributed by atoms with Gasteiger partial charge in [-0.25, -0.2) is 4.98 Å². The molecule has 5 heteroatoms. The molecule has 0 unspecified atom stereocenters. The fraction of sp³-hybridized carbons (Fsp3) is 0.375. The number of nitrogens with zero attached hydrogens (tertiary/aromatic N) is 3. The van der Waals surface area contributed by atoms with Crippen LogP contribution in [0.3, 0.4) is 0 Å². The summed E-state index contributed by atoms with van der Waals surface area (Å²) in [7, 11) is 0. The summed E-state index contributed by atoms with van der Waals surface area (Å²) in [6, 6.07) is 10.3. The number of hydrogen-bond acceptors (Lipinski definition) is 5. The van der Waals surface area contributed by atoms with Crippen LogP contribution in [0.15, 0.2) is 42.7 Å². The Morgan fingerprint density at radius 2 is 2.00 bits per heavy atom. The predicted molar refractivity (Wildman–Crippen MR) is 85.5 cm³/mol. The number of benzene rings is 1. The van der Waals surface area contributed by atoms with Gasteiger partial charge in [0, 0.05) is 26.2 Å². The number of rotatable bonds is 4. The summed E-state index contributed by atoms with van der Waals surface area (Å²) in [5, 5.41) is 6.74. The van der Waals surface area contributed by atoms with Crippen molar-refractivity contribution in [3.63, 3.8) is 0 Å². The average molecular weight is 283 g/mol. The van der Waals surface area contributed by atoms with Gasteiger partial charge in [0.1, 0.15) is 11.6 Å². The third-order valence-corrected chi connectivity index (χ3v) is 3.60. The summed E-state index contributed by atoms with van der Waals surface area (Å²) in [6.07, 6.45) is 4.77. The first-order chi connectivity index (χ1) is 10.4. The molecule has 5 nitrogen and oxygen atoms in total. The van der Waals surface area contributed by atoms with E-state index in [0.717, 1.165) is 50.8 Å². The van der Waals surface area contributed by atoms with Gasteiger partial charge in [0.25, 0.3) is 0 Å². The van der Waals surface area contributed by atoms with Crippen LogP contribution in [0.4, 0.5) is 11.6 Å². The van der Waals surface area contributed by atoms with Gasteiger partial charge in [0.2, 0.25) is 0 Å². The third-order valence-electron chi connectivity index (χ3n) is 3.60. The summed E-state index contributed by atoms with van der Waals surface area (Å²) in [5.74, 6) is 1.78. The monoisotopic (exact) mass is 283 g/mol. The van der Waals surface area contributed by atoms with Gasteiger partial charge in [-0.2, -0.15) is 0 Å². The number of hydrogen-bond donors (Lipinski definition) is 2. The van der Waals surface area contributed by atoms with Crippen LogP contribution in [-0.2, 0) is 6.54 Å². The molecule has 3 rings (SSSR count). The predicted octanol–water partition coefficient (Wildman–Crippen LogP) is 1.89. The molecule has 2 aromatic rings. The molecule has 1 aliphatic rings. The molecule has 0 saturated carbocycles. The van der Waals surface area contributed by atoms with Crippen LogP contribution in [-0.4, -0.2) is 36.1 Å². The van der Waals surface area contributed by atoms with Crippen molar-refractivity contribution in [1.82, 2.24) is 15.3 Å². The molecule has 0 atom stereocenters. The zero-order chi connectivity index (χ0) is 14.3. The van der Waals surface area contributed by atoms with Crippen molar-refractivity contribution in [2.24, 2.45) is 0 Å².